The first kappa shape index (κ1) is 9.82. The summed E-state index contributed by atoms with van der Waals surface area (Å²) in [7, 11) is 1.40. The number of nitrogens with zero attached hydrogens (tertiary/aromatic N) is 3. The molecular formula is C9H8N4O. The number of hydrogen-bond donors (Lipinski definition) is 1. The van der Waals surface area contributed by atoms with E-state index in [2.05, 4.69) is 4.98 Å². The number of pyridine rings is 1. The Hall–Kier alpha value is -2.27. The minimum atomic E-state index is 0.0841. The molecule has 0 bridgehead atoms. The zero-order valence-corrected chi connectivity index (χ0v) is 7.83. The van der Waals surface area contributed by atoms with Gasteiger partial charge in [-0.3, -0.25) is 0 Å². The third-order valence-electron chi connectivity index (χ3n) is 1.86. The highest BCUT2D eigenvalue weighted by atomic mass is 16.5. The van der Waals surface area contributed by atoms with Gasteiger partial charge in [0.2, 0.25) is 5.88 Å². The third-order valence-corrected chi connectivity index (χ3v) is 1.86. The van der Waals surface area contributed by atoms with Gasteiger partial charge >= 0.3 is 0 Å². The summed E-state index contributed by atoms with van der Waals surface area (Å²) in [4.78, 5) is 3.80. The van der Waals surface area contributed by atoms with Gasteiger partial charge in [0.1, 0.15) is 23.5 Å². The van der Waals surface area contributed by atoms with Gasteiger partial charge in [-0.05, 0) is 12.5 Å². The van der Waals surface area contributed by atoms with Gasteiger partial charge in [0.15, 0.2) is 0 Å². The Labute approximate surface area is 81.3 Å². The van der Waals surface area contributed by atoms with E-state index in [9.17, 15) is 0 Å². The molecule has 0 fully saturated rings. The summed E-state index contributed by atoms with van der Waals surface area (Å²) in [5.41, 5.74) is 6.48. The smallest absolute Gasteiger partial charge is 0.233 e. The highest BCUT2D eigenvalue weighted by Crippen LogP contribution is 2.24. The van der Waals surface area contributed by atoms with Crippen molar-refractivity contribution in [1.82, 2.24) is 4.98 Å². The zero-order valence-electron chi connectivity index (χ0n) is 7.83. The number of aromatic nitrogens is 1. The summed E-state index contributed by atoms with van der Waals surface area (Å²) in [5, 5.41) is 17.6. The van der Waals surface area contributed by atoms with Gasteiger partial charge in [-0.2, -0.15) is 15.5 Å². The molecule has 0 spiro atoms. The van der Waals surface area contributed by atoms with Crippen molar-refractivity contribution in [2.45, 2.75) is 6.92 Å². The van der Waals surface area contributed by atoms with Crippen LogP contribution in [0.5, 0.6) is 5.88 Å². The molecule has 0 aliphatic rings. The van der Waals surface area contributed by atoms with Crippen LogP contribution >= 0.6 is 0 Å². The maximum atomic E-state index is 8.82. The summed E-state index contributed by atoms with van der Waals surface area (Å²) in [5.74, 6) is 0.238. The van der Waals surface area contributed by atoms with Crippen LogP contribution < -0.4 is 10.5 Å². The average Bonchev–Trinajstić information content (AvgIpc) is 2.17. The lowest BCUT2D eigenvalue weighted by molar-refractivity contribution is 0.396. The lowest BCUT2D eigenvalue weighted by Crippen LogP contribution is -2.03. The van der Waals surface area contributed by atoms with Crippen LogP contribution in [-0.2, 0) is 0 Å². The predicted octanol–water partition coefficient (Wildman–Crippen LogP) is 0.724. The first-order valence-electron chi connectivity index (χ1n) is 3.80. The quantitative estimate of drug-likeness (QED) is 0.700. The van der Waals surface area contributed by atoms with E-state index in [1.54, 1.807) is 6.92 Å². The Morgan fingerprint density at radius 1 is 1.29 bits per heavy atom. The van der Waals surface area contributed by atoms with E-state index in [-0.39, 0.29) is 22.8 Å². The number of nitriles is 2. The Bertz CT molecular complexity index is 453. The highest BCUT2D eigenvalue weighted by Gasteiger charge is 2.15. The van der Waals surface area contributed by atoms with Gasteiger partial charge in [-0.15, -0.1) is 0 Å². The number of anilines is 1. The summed E-state index contributed by atoms with van der Waals surface area (Å²) < 4.78 is 4.87. The van der Waals surface area contributed by atoms with Gasteiger partial charge < -0.3 is 10.5 Å². The van der Waals surface area contributed by atoms with Crippen LogP contribution in [-0.4, -0.2) is 12.1 Å². The van der Waals surface area contributed by atoms with Crippen molar-refractivity contribution in [2.24, 2.45) is 0 Å². The second-order valence-electron chi connectivity index (χ2n) is 2.60. The Morgan fingerprint density at radius 2 is 1.86 bits per heavy atom. The molecule has 0 radical (unpaired) electrons. The number of rotatable bonds is 1. The number of nitrogens with two attached hydrogens (primary N) is 1. The van der Waals surface area contributed by atoms with Crippen LogP contribution in [0.3, 0.4) is 0 Å². The molecule has 0 aliphatic carbocycles. The number of methoxy groups -OCH3 is 1. The van der Waals surface area contributed by atoms with E-state index < -0.39 is 0 Å². The van der Waals surface area contributed by atoms with Crippen molar-refractivity contribution >= 4 is 5.82 Å². The molecule has 0 unspecified atom stereocenters. The standard InChI is InChI=1S/C9H8N4O/c1-5-6(3-10)8(12)13-9(14-2)7(5)4-11/h1-2H3,(H2,12,13). The van der Waals surface area contributed by atoms with Crippen molar-refractivity contribution in [3.63, 3.8) is 0 Å². The average molecular weight is 188 g/mol. The molecule has 5 nitrogen and oxygen atoms in total. The normalized spacial score (nSPS) is 8.86. The molecule has 1 heterocycles. The molecule has 0 aliphatic heterocycles. The second-order valence-corrected chi connectivity index (χ2v) is 2.60. The van der Waals surface area contributed by atoms with Crippen LogP contribution in [0.1, 0.15) is 16.7 Å². The molecule has 1 aromatic heterocycles. The van der Waals surface area contributed by atoms with Crippen molar-refractivity contribution in [3.8, 4) is 18.0 Å². The molecule has 14 heavy (non-hydrogen) atoms. The monoisotopic (exact) mass is 188 g/mol. The fourth-order valence-electron chi connectivity index (χ4n) is 1.12. The highest BCUT2D eigenvalue weighted by molar-refractivity contribution is 5.61. The van der Waals surface area contributed by atoms with Gasteiger partial charge in [0, 0.05) is 0 Å². The molecule has 1 aromatic rings. The first-order chi connectivity index (χ1) is 6.65. The van der Waals surface area contributed by atoms with Crippen LogP contribution in [0.4, 0.5) is 5.82 Å². The van der Waals surface area contributed by atoms with Crippen molar-refractivity contribution in [1.29, 1.82) is 10.5 Å². The van der Waals surface area contributed by atoms with E-state index in [0.717, 1.165) is 0 Å². The Kier molecular flexibility index (Phi) is 2.54. The third kappa shape index (κ3) is 1.32. The SMILES string of the molecule is COc1nc(N)c(C#N)c(C)c1C#N. The van der Waals surface area contributed by atoms with Crippen LogP contribution in [0.2, 0.25) is 0 Å². The maximum absolute atomic E-state index is 8.82. The molecule has 1 rings (SSSR count). The van der Waals surface area contributed by atoms with Gasteiger partial charge in [-0.25, -0.2) is 0 Å². The summed E-state index contributed by atoms with van der Waals surface area (Å²) in [6, 6.07) is 3.82. The maximum Gasteiger partial charge on any atom is 0.233 e. The van der Waals surface area contributed by atoms with Crippen molar-refractivity contribution in [2.75, 3.05) is 12.8 Å². The summed E-state index contributed by atoms with van der Waals surface area (Å²) in [6.45, 7) is 1.64. The summed E-state index contributed by atoms with van der Waals surface area (Å²) >= 11 is 0. The predicted molar refractivity (Wildman–Crippen MR) is 49.4 cm³/mol. The van der Waals surface area contributed by atoms with Crippen LogP contribution in [0, 0.1) is 29.6 Å². The molecule has 5 heteroatoms. The molecule has 0 atom stereocenters. The topological polar surface area (TPSA) is 95.7 Å². The van der Waals surface area contributed by atoms with Gasteiger partial charge in [0.25, 0.3) is 0 Å². The van der Waals surface area contributed by atoms with E-state index in [1.165, 1.54) is 7.11 Å². The largest absolute Gasteiger partial charge is 0.480 e. The van der Waals surface area contributed by atoms with E-state index in [1.807, 2.05) is 12.1 Å². The molecule has 70 valence electrons. The minimum absolute atomic E-state index is 0.0841. The van der Waals surface area contributed by atoms with Gasteiger partial charge in [-0.1, -0.05) is 0 Å². The Balaban J connectivity index is 3.60. The van der Waals surface area contributed by atoms with E-state index in [0.29, 0.717) is 5.56 Å². The van der Waals surface area contributed by atoms with Crippen molar-refractivity contribution in [3.05, 3.63) is 16.7 Å². The zero-order chi connectivity index (χ0) is 10.7. The fraction of sp³-hybridized carbons (Fsp3) is 0.222. The molecule has 0 amide bonds. The van der Waals surface area contributed by atoms with Crippen LogP contribution in [0.15, 0.2) is 0 Å². The molecule has 0 aromatic carbocycles. The lowest BCUT2D eigenvalue weighted by Gasteiger charge is -2.07. The number of hydrogen-bond acceptors (Lipinski definition) is 5. The molecular weight excluding hydrogens is 180 g/mol. The van der Waals surface area contributed by atoms with E-state index >= 15 is 0 Å². The van der Waals surface area contributed by atoms with Crippen molar-refractivity contribution < 1.29 is 4.74 Å². The van der Waals surface area contributed by atoms with Crippen LogP contribution in [0.25, 0.3) is 0 Å². The Morgan fingerprint density at radius 3 is 2.29 bits per heavy atom. The molecule has 2 N–H and O–H groups in total. The fourth-order valence-corrected chi connectivity index (χ4v) is 1.12. The number of nitrogen functional groups attached to an aromatic ring is 1. The molecule has 0 saturated carbocycles. The second kappa shape index (κ2) is 3.63. The van der Waals surface area contributed by atoms with E-state index in [4.69, 9.17) is 21.0 Å². The van der Waals surface area contributed by atoms with Gasteiger partial charge in [0.05, 0.1) is 12.7 Å². The summed E-state index contributed by atoms with van der Waals surface area (Å²) in [6.07, 6.45) is 0. The first-order valence-corrected chi connectivity index (χ1v) is 3.80. The number of ether oxygens (including phenoxy) is 1. The minimum Gasteiger partial charge on any atom is -0.480 e. The lowest BCUT2D eigenvalue weighted by atomic mass is 10.1. The molecule has 0 saturated heterocycles.